The smallest absolute Gasteiger partial charge is 0.220 e. The zero-order valence-corrected chi connectivity index (χ0v) is 22.3. The molecule has 0 bridgehead atoms. The highest BCUT2D eigenvalue weighted by Crippen LogP contribution is 2.31. The number of allylic oxidation sites excluding steroid dienone is 5. The number of amides is 1. The highest BCUT2D eigenvalue weighted by molar-refractivity contribution is 7.99. The second kappa shape index (κ2) is 17.1. The minimum Gasteiger partial charge on any atom is -0.353 e. The van der Waals surface area contributed by atoms with Gasteiger partial charge in [-0.25, -0.2) is 0 Å². The molecule has 1 amide bonds. The number of aryl methyl sites for hydroxylation is 1. The van der Waals surface area contributed by atoms with Gasteiger partial charge in [0.2, 0.25) is 5.91 Å². The largest absolute Gasteiger partial charge is 0.353 e. The first-order valence-corrected chi connectivity index (χ1v) is 13.9. The van der Waals surface area contributed by atoms with Gasteiger partial charge in [-0.2, -0.15) is 0 Å². The number of hydrogen-bond acceptors (Lipinski definition) is 4. The Hall–Kier alpha value is -2.37. The summed E-state index contributed by atoms with van der Waals surface area (Å²) in [6, 6.07) is 6.44. The van der Waals surface area contributed by atoms with E-state index in [4.69, 9.17) is 0 Å². The van der Waals surface area contributed by atoms with Gasteiger partial charge >= 0.3 is 0 Å². The average molecular weight is 494 g/mol. The molecule has 1 fully saturated rings. The lowest BCUT2D eigenvalue weighted by molar-refractivity contribution is -0.121. The summed E-state index contributed by atoms with van der Waals surface area (Å²) in [6.07, 6.45) is 17.4. The van der Waals surface area contributed by atoms with Crippen LogP contribution in [0.15, 0.2) is 77.2 Å². The minimum absolute atomic E-state index is 0.121. The van der Waals surface area contributed by atoms with Crippen molar-refractivity contribution in [3.63, 3.8) is 0 Å². The van der Waals surface area contributed by atoms with Crippen molar-refractivity contribution in [2.45, 2.75) is 69.2 Å². The van der Waals surface area contributed by atoms with Crippen LogP contribution in [0.25, 0.3) is 0 Å². The Morgan fingerprint density at radius 2 is 2.06 bits per heavy atom. The molecule has 0 spiro atoms. The van der Waals surface area contributed by atoms with Gasteiger partial charge < -0.3 is 5.32 Å². The molecule has 35 heavy (non-hydrogen) atoms. The number of thioether (sulfide) groups is 1. The number of nitrogens with one attached hydrogen (secondary N) is 1. The molecule has 1 aliphatic rings. The van der Waals surface area contributed by atoms with E-state index in [1.54, 1.807) is 17.8 Å². The van der Waals surface area contributed by atoms with Gasteiger partial charge in [0, 0.05) is 23.9 Å². The first kappa shape index (κ1) is 28.9. The fraction of sp³-hybridized carbons (Fsp3) is 0.467. The molecular formula is C30H43N3OS. The number of carbonyl (C=O) groups excluding carboxylic acids is 1. The van der Waals surface area contributed by atoms with Gasteiger partial charge in [-0.15, -0.1) is 11.8 Å². The molecule has 1 atom stereocenters. The molecule has 0 aromatic heterocycles. The lowest BCUT2D eigenvalue weighted by Gasteiger charge is -2.22. The number of rotatable bonds is 17. The van der Waals surface area contributed by atoms with Crippen molar-refractivity contribution in [1.82, 2.24) is 10.2 Å². The van der Waals surface area contributed by atoms with E-state index in [0.717, 1.165) is 68.1 Å². The van der Waals surface area contributed by atoms with Crippen molar-refractivity contribution in [3.05, 3.63) is 72.9 Å². The maximum Gasteiger partial charge on any atom is 0.220 e. The maximum atomic E-state index is 12.8. The Morgan fingerprint density at radius 3 is 2.77 bits per heavy atom. The molecule has 0 saturated carbocycles. The van der Waals surface area contributed by atoms with E-state index in [1.807, 2.05) is 24.3 Å². The van der Waals surface area contributed by atoms with Crippen molar-refractivity contribution in [3.8, 4) is 0 Å². The number of nitrogens with zero attached hydrogens (tertiary/aromatic N) is 2. The van der Waals surface area contributed by atoms with E-state index in [-0.39, 0.29) is 11.9 Å². The third-order valence-corrected chi connectivity index (χ3v) is 7.26. The summed E-state index contributed by atoms with van der Waals surface area (Å²) < 4.78 is 0. The molecule has 2 rings (SSSR count). The van der Waals surface area contributed by atoms with Crippen LogP contribution in [0.5, 0.6) is 0 Å². The molecular weight excluding hydrogens is 450 g/mol. The minimum atomic E-state index is 0.121. The Bertz CT molecular complexity index is 884. The Labute approximate surface area is 217 Å². The van der Waals surface area contributed by atoms with Crippen LogP contribution >= 0.6 is 11.8 Å². The van der Waals surface area contributed by atoms with Gasteiger partial charge in [-0.1, -0.05) is 62.1 Å². The monoisotopic (exact) mass is 493 g/mol. The summed E-state index contributed by atoms with van der Waals surface area (Å²) in [5.41, 5.74) is 3.43. The molecule has 1 aromatic carbocycles. The van der Waals surface area contributed by atoms with Crippen LogP contribution < -0.4 is 5.32 Å². The fourth-order valence-electron chi connectivity index (χ4n) is 4.25. The quantitative estimate of drug-likeness (QED) is 0.0831. The first-order valence-electron chi connectivity index (χ1n) is 12.9. The predicted octanol–water partition coefficient (Wildman–Crippen LogP) is 7.06. The number of carbonyl (C=O) groups is 1. The normalized spacial score (nSPS) is 15.0. The lowest BCUT2D eigenvalue weighted by atomic mass is 10.0. The van der Waals surface area contributed by atoms with Crippen LogP contribution in [0.4, 0.5) is 5.69 Å². The third-order valence-electron chi connectivity index (χ3n) is 6.13. The molecule has 4 nitrogen and oxygen atoms in total. The molecule has 1 N–H and O–H groups in total. The van der Waals surface area contributed by atoms with E-state index in [2.05, 4.69) is 60.2 Å². The highest BCUT2D eigenvalue weighted by Gasteiger charge is 2.17. The summed E-state index contributed by atoms with van der Waals surface area (Å²) in [5.74, 6) is 1.01. The summed E-state index contributed by atoms with van der Waals surface area (Å²) >= 11 is 1.76. The van der Waals surface area contributed by atoms with Gasteiger partial charge in [-0.3, -0.25) is 14.7 Å². The number of benzene rings is 1. The first-order chi connectivity index (χ1) is 17.0. The topological polar surface area (TPSA) is 44.7 Å². The van der Waals surface area contributed by atoms with Gasteiger partial charge in [0.1, 0.15) is 0 Å². The van der Waals surface area contributed by atoms with Crippen molar-refractivity contribution in [1.29, 1.82) is 0 Å². The lowest BCUT2D eigenvalue weighted by Crippen LogP contribution is -2.36. The average Bonchev–Trinajstić information content (AvgIpc) is 3.36. The molecule has 1 saturated heterocycles. The molecule has 1 aromatic rings. The Balaban J connectivity index is 1.82. The third kappa shape index (κ3) is 11.7. The summed E-state index contributed by atoms with van der Waals surface area (Å²) in [5, 5.41) is 3.29. The molecule has 1 aliphatic heterocycles. The molecule has 5 heteroatoms. The zero-order chi connectivity index (χ0) is 25.3. The van der Waals surface area contributed by atoms with Crippen LogP contribution in [-0.4, -0.2) is 49.0 Å². The highest BCUT2D eigenvalue weighted by atomic mass is 32.2. The van der Waals surface area contributed by atoms with Crippen LogP contribution in [0.3, 0.4) is 0 Å². The van der Waals surface area contributed by atoms with Crippen LogP contribution in [0.1, 0.15) is 57.4 Å². The van der Waals surface area contributed by atoms with Crippen molar-refractivity contribution >= 4 is 30.1 Å². The van der Waals surface area contributed by atoms with Crippen LogP contribution in [0, 0.1) is 0 Å². The molecule has 1 heterocycles. The molecule has 190 valence electrons. The predicted molar refractivity (Wildman–Crippen MR) is 154 cm³/mol. The maximum absolute atomic E-state index is 12.8. The summed E-state index contributed by atoms with van der Waals surface area (Å²) in [7, 11) is 0. The Morgan fingerprint density at radius 1 is 1.26 bits per heavy atom. The second-order valence-electron chi connectivity index (χ2n) is 9.09. The fourth-order valence-corrected chi connectivity index (χ4v) is 5.27. The van der Waals surface area contributed by atoms with Gasteiger partial charge in [0.05, 0.1) is 5.69 Å². The SMILES string of the molecule is C=C/C=C\C=C/CCC(CC(=C)CN1CCCC1)NC(=O)CCCSc1cc(CC)ccc1N=C. The van der Waals surface area contributed by atoms with Crippen molar-refractivity contribution < 1.29 is 4.79 Å². The standard InChI is InChI=1S/C30H43N3OS/c1-5-7-8-9-10-11-15-27(22-25(3)24-33-19-12-13-20-33)32-30(34)16-14-21-35-29-23-26(6-2)17-18-28(29)31-4/h5,7-10,17-18,23,27H,1,3-4,6,11-16,19-22,24H2,2H3,(H,32,34)/b8-7-,10-9-. The molecule has 0 radical (unpaired) electrons. The van der Waals surface area contributed by atoms with Gasteiger partial charge in [0.25, 0.3) is 0 Å². The van der Waals surface area contributed by atoms with E-state index in [9.17, 15) is 4.79 Å². The van der Waals surface area contributed by atoms with Gasteiger partial charge in [-0.05, 0) is 88.2 Å². The molecule has 0 aliphatic carbocycles. The van der Waals surface area contributed by atoms with Crippen LogP contribution in [0.2, 0.25) is 0 Å². The zero-order valence-electron chi connectivity index (χ0n) is 21.5. The van der Waals surface area contributed by atoms with Gasteiger partial charge in [0.15, 0.2) is 0 Å². The number of likely N-dealkylation sites (tertiary alicyclic amines) is 1. The van der Waals surface area contributed by atoms with E-state index in [0.29, 0.717) is 6.42 Å². The Kier molecular flexibility index (Phi) is 14.1. The van der Waals surface area contributed by atoms with Crippen molar-refractivity contribution in [2.24, 2.45) is 4.99 Å². The number of aliphatic imine (C=N–C) groups is 1. The van der Waals surface area contributed by atoms with E-state index in [1.165, 1.54) is 24.0 Å². The molecule has 1 unspecified atom stereocenters. The summed E-state index contributed by atoms with van der Waals surface area (Å²) in [6.45, 7) is 17.1. The van der Waals surface area contributed by atoms with Crippen molar-refractivity contribution in [2.75, 3.05) is 25.4 Å². The van der Waals surface area contributed by atoms with E-state index < -0.39 is 0 Å². The second-order valence-corrected chi connectivity index (χ2v) is 10.2. The summed E-state index contributed by atoms with van der Waals surface area (Å²) in [4.78, 5) is 20.5. The van der Waals surface area contributed by atoms with E-state index >= 15 is 0 Å². The number of hydrogen-bond donors (Lipinski definition) is 1. The van der Waals surface area contributed by atoms with Crippen LogP contribution in [-0.2, 0) is 11.2 Å².